The third-order valence-corrected chi connectivity index (χ3v) is 5.69. The van der Waals surface area contributed by atoms with Gasteiger partial charge in [-0.1, -0.05) is 11.6 Å². The van der Waals surface area contributed by atoms with Gasteiger partial charge < -0.3 is 19.7 Å². The Hall–Kier alpha value is -1.88. The number of aromatic nitrogens is 1. The maximum Gasteiger partial charge on any atom is 0.412 e. The highest BCUT2D eigenvalue weighted by molar-refractivity contribution is 7.16. The molecule has 11 heteroatoms. The van der Waals surface area contributed by atoms with E-state index in [0.717, 1.165) is 17.7 Å². The Morgan fingerprint density at radius 2 is 2.33 bits per heavy atom. The van der Waals surface area contributed by atoms with Crippen molar-refractivity contribution in [2.24, 2.45) is 0 Å². The number of ether oxygens (including phenoxy) is 2. The minimum Gasteiger partial charge on any atom is -0.419 e. The highest BCUT2D eigenvalue weighted by Gasteiger charge is 2.22. The highest BCUT2D eigenvalue weighted by atomic mass is 35.5. The van der Waals surface area contributed by atoms with Crippen molar-refractivity contribution in [3.8, 4) is 0 Å². The van der Waals surface area contributed by atoms with E-state index < -0.39 is 12.4 Å². The largest absolute Gasteiger partial charge is 0.419 e. The van der Waals surface area contributed by atoms with Crippen molar-refractivity contribution in [1.82, 2.24) is 15.2 Å². The Morgan fingerprint density at radius 1 is 1.48 bits per heavy atom. The Morgan fingerprint density at radius 3 is 3.04 bits per heavy atom. The second-order valence-corrected chi connectivity index (χ2v) is 8.50. The van der Waals surface area contributed by atoms with Gasteiger partial charge in [0.1, 0.15) is 0 Å². The molecule has 2 aromatic rings. The number of thiophene rings is 1. The minimum atomic E-state index is -0.463. The molecule has 0 radical (unpaired) electrons. The van der Waals surface area contributed by atoms with Gasteiger partial charge in [0.25, 0.3) is 0 Å². The summed E-state index contributed by atoms with van der Waals surface area (Å²) in [7, 11) is 1.63. The number of anilines is 1. The first-order valence-corrected chi connectivity index (χ1v) is 10.3. The van der Waals surface area contributed by atoms with Gasteiger partial charge in [0.05, 0.1) is 29.7 Å². The molecular formula is C16H19ClN4O4S2. The lowest BCUT2D eigenvalue weighted by molar-refractivity contribution is -0.0771. The zero-order valence-corrected chi connectivity index (χ0v) is 17.0. The van der Waals surface area contributed by atoms with Crippen LogP contribution in [0.25, 0.3) is 0 Å². The third-order valence-electron chi connectivity index (χ3n) is 3.66. The van der Waals surface area contributed by atoms with Crippen LogP contribution in [0.15, 0.2) is 17.5 Å². The van der Waals surface area contributed by atoms with Crippen LogP contribution in [0, 0.1) is 0 Å². The second kappa shape index (κ2) is 9.36. The van der Waals surface area contributed by atoms with Gasteiger partial charge in [0, 0.05) is 23.7 Å². The summed E-state index contributed by atoms with van der Waals surface area (Å²) < 4.78 is 11.2. The fraction of sp³-hybridized carbons (Fsp3) is 0.438. The summed E-state index contributed by atoms with van der Waals surface area (Å²) in [5, 5.41) is 7.65. The number of halogens is 1. The number of hydrogen-bond donors (Lipinski definition) is 2. The normalized spacial score (nSPS) is 16.1. The Balaban J connectivity index is 1.43. The molecule has 3 rings (SSSR count). The molecule has 1 aliphatic rings. The molecule has 0 unspecified atom stereocenters. The molecule has 8 nitrogen and oxygen atoms in total. The topological polar surface area (TPSA) is 92.8 Å². The van der Waals surface area contributed by atoms with Crippen molar-refractivity contribution in [2.75, 3.05) is 19.0 Å². The average Bonchev–Trinajstić information content (AvgIpc) is 3.36. The van der Waals surface area contributed by atoms with Crippen molar-refractivity contribution in [1.29, 1.82) is 0 Å². The van der Waals surface area contributed by atoms with Gasteiger partial charge in [-0.15, -0.1) is 22.7 Å². The molecule has 0 aliphatic carbocycles. The number of rotatable bonds is 6. The molecule has 0 aromatic carbocycles. The number of hydrogen-bond acceptors (Lipinski definition) is 7. The summed E-state index contributed by atoms with van der Waals surface area (Å²) in [6.07, 6.45) is 0.688. The van der Waals surface area contributed by atoms with Crippen LogP contribution >= 0.6 is 34.3 Å². The van der Waals surface area contributed by atoms with Crippen LogP contribution in [0.4, 0.5) is 14.7 Å². The Labute approximate surface area is 169 Å². The van der Waals surface area contributed by atoms with E-state index in [9.17, 15) is 9.59 Å². The van der Waals surface area contributed by atoms with Crippen LogP contribution in [-0.2, 0) is 22.6 Å². The molecule has 1 fully saturated rings. The molecule has 2 aromatic heterocycles. The van der Waals surface area contributed by atoms with Crippen molar-refractivity contribution >= 4 is 51.5 Å². The van der Waals surface area contributed by atoms with Gasteiger partial charge in [-0.25, -0.2) is 14.6 Å². The molecule has 0 bridgehead atoms. The van der Waals surface area contributed by atoms with Crippen LogP contribution in [0.2, 0.25) is 4.34 Å². The summed E-state index contributed by atoms with van der Waals surface area (Å²) >= 11 is 8.56. The zero-order chi connectivity index (χ0) is 19.2. The molecule has 27 heavy (non-hydrogen) atoms. The van der Waals surface area contributed by atoms with Crippen molar-refractivity contribution < 1.29 is 19.1 Å². The minimum absolute atomic E-state index is 0.277. The lowest BCUT2D eigenvalue weighted by Gasteiger charge is -2.18. The quantitative estimate of drug-likeness (QED) is 0.725. The predicted molar refractivity (Wildman–Crippen MR) is 104 cm³/mol. The fourth-order valence-electron chi connectivity index (χ4n) is 2.34. The molecule has 3 heterocycles. The average molecular weight is 431 g/mol. The van der Waals surface area contributed by atoms with Gasteiger partial charge in [-0.2, -0.15) is 0 Å². The number of carbonyl (C=O) groups is 2. The maximum atomic E-state index is 12.0. The van der Waals surface area contributed by atoms with Crippen LogP contribution in [0.1, 0.15) is 23.4 Å². The second-order valence-electron chi connectivity index (χ2n) is 5.84. The van der Waals surface area contributed by atoms with Crippen LogP contribution in [0.5, 0.6) is 0 Å². The first-order chi connectivity index (χ1) is 13.0. The summed E-state index contributed by atoms with van der Waals surface area (Å²) in [5.74, 6) is 0. The van der Waals surface area contributed by atoms with Gasteiger partial charge in [-0.05, 0) is 18.6 Å². The van der Waals surface area contributed by atoms with E-state index in [0.29, 0.717) is 28.3 Å². The molecule has 3 amide bonds. The first-order valence-electron chi connectivity index (χ1n) is 8.26. The van der Waals surface area contributed by atoms with E-state index in [2.05, 4.69) is 15.6 Å². The van der Waals surface area contributed by atoms with Crippen molar-refractivity contribution in [2.45, 2.75) is 32.2 Å². The Kier molecular flexibility index (Phi) is 6.89. The van der Waals surface area contributed by atoms with E-state index in [1.165, 1.54) is 27.6 Å². The van der Waals surface area contributed by atoms with E-state index >= 15 is 0 Å². The highest BCUT2D eigenvalue weighted by Crippen LogP contribution is 2.21. The van der Waals surface area contributed by atoms with E-state index in [1.807, 2.05) is 6.07 Å². The van der Waals surface area contributed by atoms with Crippen LogP contribution in [-0.4, -0.2) is 42.0 Å². The van der Waals surface area contributed by atoms with Gasteiger partial charge in [-0.3, -0.25) is 5.32 Å². The number of carbonyl (C=O) groups excluding carboxylic acids is 2. The predicted octanol–water partition coefficient (Wildman–Crippen LogP) is 3.88. The SMILES string of the molecule is CN(Cc1csc(NC(=O)NCc2ccc(Cl)s2)n1)C(=O)O[C@@H]1CCCO1. The molecule has 146 valence electrons. The fourth-order valence-corrected chi connectivity index (χ4v) is 4.07. The van der Waals surface area contributed by atoms with Crippen molar-refractivity contribution in [3.63, 3.8) is 0 Å². The molecular weight excluding hydrogens is 412 g/mol. The molecule has 0 saturated carbocycles. The van der Waals surface area contributed by atoms with Gasteiger partial charge in [0.15, 0.2) is 5.13 Å². The maximum absolute atomic E-state index is 12.0. The standard InChI is InChI=1S/C16H19ClN4O4S2/c1-21(16(23)25-13-3-2-6-24-13)8-10-9-26-15(19-10)20-14(22)18-7-11-4-5-12(17)27-11/h4-5,9,13H,2-3,6-8H2,1H3,(H2,18,19,20,22)/t13-/m1/s1. The van der Waals surface area contributed by atoms with E-state index in [1.54, 1.807) is 18.5 Å². The number of amides is 3. The summed E-state index contributed by atoms with van der Waals surface area (Å²) in [4.78, 5) is 30.7. The lowest BCUT2D eigenvalue weighted by Crippen LogP contribution is -2.30. The Bertz CT molecular complexity index is 791. The molecule has 1 saturated heterocycles. The smallest absolute Gasteiger partial charge is 0.412 e. The molecule has 0 spiro atoms. The summed E-state index contributed by atoms with van der Waals surface area (Å²) in [6, 6.07) is 3.29. The summed E-state index contributed by atoms with van der Waals surface area (Å²) in [6.45, 7) is 1.28. The van der Waals surface area contributed by atoms with Crippen LogP contribution < -0.4 is 10.6 Å². The zero-order valence-electron chi connectivity index (χ0n) is 14.6. The monoisotopic (exact) mass is 430 g/mol. The molecule has 2 N–H and O–H groups in total. The molecule has 1 aliphatic heterocycles. The lowest BCUT2D eigenvalue weighted by atomic mass is 10.4. The number of nitrogens with zero attached hydrogens (tertiary/aromatic N) is 2. The van der Waals surface area contributed by atoms with Gasteiger partial charge in [0.2, 0.25) is 6.29 Å². The van der Waals surface area contributed by atoms with Gasteiger partial charge >= 0.3 is 12.1 Å². The van der Waals surface area contributed by atoms with E-state index in [-0.39, 0.29) is 12.6 Å². The number of nitrogens with one attached hydrogen (secondary N) is 2. The first kappa shape index (κ1) is 19.9. The van der Waals surface area contributed by atoms with Crippen LogP contribution in [0.3, 0.4) is 0 Å². The third kappa shape index (κ3) is 6.06. The molecule has 1 atom stereocenters. The van der Waals surface area contributed by atoms with E-state index in [4.69, 9.17) is 21.1 Å². The number of urea groups is 1. The number of thiazole rings is 1. The van der Waals surface area contributed by atoms with Crippen molar-refractivity contribution in [3.05, 3.63) is 32.4 Å². The summed E-state index contributed by atoms with van der Waals surface area (Å²) in [5.41, 5.74) is 0.659.